The molecule has 5 rings (SSSR count). The van der Waals surface area contributed by atoms with Crippen LogP contribution in [-0.2, 0) is 16.3 Å². The van der Waals surface area contributed by atoms with E-state index in [0.717, 1.165) is 39.4 Å². The average molecular weight is 421 g/mol. The summed E-state index contributed by atoms with van der Waals surface area (Å²) in [6.45, 7) is 0.473. The number of nitrogens with two attached hydrogens (primary N) is 1. The minimum Gasteiger partial charge on any atom is -0.493 e. The largest absolute Gasteiger partial charge is 0.493 e. The number of sulfone groups is 1. The quantitative estimate of drug-likeness (QED) is 0.521. The second kappa shape index (κ2) is 6.81. The molecule has 0 spiro atoms. The van der Waals surface area contributed by atoms with Gasteiger partial charge in [0.15, 0.2) is 9.84 Å². The number of aromatic amines is 1. The van der Waals surface area contributed by atoms with Crippen LogP contribution in [0.3, 0.4) is 0 Å². The van der Waals surface area contributed by atoms with Gasteiger partial charge in [-0.3, -0.25) is 0 Å². The van der Waals surface area contributed by atoms with Crippen molar-refractivity contribution in [1.82, 2.24) is 19.9 Å². The number of H-pyrrole nitrogens is 1. The molecule has 3 N–H and O–H groups in total. The first-order valence-electron chi connectivity index (χ1n) is 9.41. The lowest BCUT2D eigenvalue weighted by Crippen LogP contribution is -2.20. The standard InChI is InChI=1S/C21H19N5O3S/c1-30(27,28)15-3-5-19-13(9-15)8-14(11-29-19)20-24-17-4-2-12(10-18(17)25-20)16-6-7-23-21(22)26-16/h2-7,9-10,14H,8,11H2,1H3,(H,24,25)(H2,22,23,26). The Labute approximate surface area is 173 Å². The van der Waals surface area contributed by atoms with Gasteiger partial charge < -0.3 is 15.5 Å². The maximum Gasteiger partial charge on any atom is 0.220 e. The van der Waals surface area contributed by atoms with Crippen molar-refractivity contribution in [2.24, 2.45) is 0 Å². The molecule has 0 bridgehead atoms. The van der Waals surface area contributed by atoms with Crippen LogP contribution >= 0.6 is 0 Å². The number of hydrogen-bond acceptors (Lipinski definition) is 7. The minimum atomic E-state index is -3.27. The van der Waals surface area contributed by atoms with Crippen LogP contribution in [-0.4, -0.2) is 41.2 Å². The lowest BCUT2D eigenvalue weighted by atomic mass is 9.96. The maximum atomic E-state index is 11.9. The molecule has 1 unspecified atom stereocenters. The summed E-state index contributed by atoms with van der Waals surface area (Å²) >= 11 is 0. The summed E-state index contributed by atoms with van der Waals surface area (Å²) in [5, 5.41) is 0. The van der Waals surface area contributed by atoms with Gasteiger partial charge in [-0.1, -0.05) is 6.07 Å². The van der Waals surface area contributed by atoms with Crippen molar-refractivity contribution in [1.29, 1.82) is 0 Å². The van der Waals surface area contributed by atoms with Gasteiger partial charge in [0.2, 0.25) is 5.95 Å². The Balaban J connectivity index is 1.47. The van der Waals surface area contributed by atoms with E-state index >= 15 is 0 Å². The molecule has 0 saturated carbocycles. The van der Waals surface area contributed by atoms with E-state index in [2.05, 4.69) is 15.0 Å². The van der Waals surface area contributed by atoms with E-state index in [1.54, 1.807) is 30.5 Å². The molecule has 0 saturated heterocycles. The van der Waals surface area contributed by atoms with Crippen molar-refractivity contribution in [3.63, 3.8) is 0 Å². The highest BCUT2D eigenvalue weighted by Crippen LogP contribution is 2.34. The molecule has 9 heteroatoms. The first-order valence-corrected chi connectivity index (χ1v) is 11.3. The fourth-order valence-electron chi connectivity index (χ4n) is 3.69. The van der Waals surface area contributed by atoms with Crippen molar-refractivity contribution in [2.75, 3.05) is 18.6 Å². The van der Waals surface area contributed by atoms with Crippen molar-refractivity contribution in [2.45, 2.75) is 17.2 Å². The molecule has 1 aliphatic heterocycles. The molecule has 30 heavy (non-hydrogen) atoms. The predicted molar refractivity (Wildman–Crippen MR) is 113 cm³/mol. The molecule has 1 atom stereocenters. The van der Waals surface area contributed by atoms with Crippen LogP contribution in [0.5, 0.6) is 5.75 Å². The van der Waals surface area contributed by atoms with E-state index in [-0.39, 0.29) is 11.9 Å². The smallest absolute Gasteiger partial charge is 0.220 e. The average Bonchev–Trinajstić information content (AvgIpc) is 3.15. The van der Waals surface area contributed by atoms with E-state index in [1.807, 2.05) is 18.2 Å². The Kier molecular flexibility index (Phi) is 4.21. The molecular weight excluding hydrogens is 402 g/mol. The Bertz CT molecular complexity index is 1380. The molecule has 0 amide bonds. The highest BCUT2D eigenvalue weighted by Gasteiger charge is 2.25. The van der Waals surface area contributed by atoms with Gasteiger partial charge in [-0.25, -0.2) is 23.4 Å². The molecule has 2 aromatic heterocycles. The summed E-state index contributed by atoms with van der Waals surface area (Å²) < 4.78 is 29.6. The second-order valence-electron chi connectivity index (χ2n) is 7.41. The summed E-state index contributed by atoms with van der Waals surface area (Å²) in [6, 6.07) is 12.7. The SMILES string of the molecule is CS(=O)(=O)c1ccc2c(c1)CC(c1nc3ccc(-c4ccnc(N)n4)cc3[nH]1)CO2. The molecule has 152 valence electrons. The fraction of sp³-hybridized carbons (Fsp3) is 0.190. The number of hydrogen-bond donors (Lipinski definition) is 2. The first-order chi connectivity index (χ1) is 14.4. The zero-order valence-corrected chi connectivity index (χ0v) is 17.0. The Morgan fingerprint density at radius 3 is 2.80 bits per heavy atom. The van der Waals surface area contributed by atoms with Crippen LogP contribution in [0.15, 0.2) is 53.6 Å². The third kappa shape index (κ3) is 3.37. The van der Waals surface area contributed by atoms with Crippen LogP contribution in [0.25, 0.3) is 22.3 Å². The third-order valence-corrected chi connectivity index (χ3v) is 6.33. The topological polar surface area (TPSA) is 124 Å². The third-order valence-electron chi connectivity index (χ3n) is 5.22. The van der Waals surface area contributed by atoms with Gasteiger partial charge in [0, 0.05) is 18.0 Å². The van der Waals surface area contributed by atoms with Crippen molar-refractivity contribution in [3.8, 4) is 17.0 Å². The van der Waals surface area contributed by atoms with E-state index in [4.69, 9.17) is 15.5 Å². The normalized spacial score (nSPS) is 16.2. The van der Waals surface area contributed by atoms with Crippen LogP contribution in [0, 0.1) is 0 Å². The van der Waals surface area contributed by atoms with Crippen LogP contribution in [0.4, 0.5) is 5.95 Å². The summed E-state index contributed by atoms with van der Waals surface area (Å²) in [6.07, 6.45) is 3.48. The van der Waals surface area contributed by atoms with Crippen LogP contribution in [0.2, 0.25) is 0 Å². The predicted octanol–water partition coefficient (Wildman–Crippen LogP) is 2.72. The summed E-state index contributed by atoms with van der Waals surface area (Å²) in [4.78, 5) is 16.6. The summed E-state index contributed by atoms with van der Waals surface area (Å²) in [7, 11) is -3.27. The zero-order chi connectivity index (χ0) is 20.9. The molecule has 8 nitrogen and oxygen atoms in total. The van der Waals surface area contributed by atoms with Gasteiger partial charge in [-0.05, 0) is 48.4 Å². The lowest BCUT2D eigenvalue weighted by Gasteiger charge is -2.24. The highest BCUT2D eigenvalue weighted by atomic mass is 32.2. The van der Waals surface area contributed by atoms with Crippen molar-refractivity contribution in [3.05, 3.63) is 60.0 Å². The van der Waals surface area contributed by atoms with Gasteiger partial charge in [0.25, 0.3) is 0 Å². The number of fused-ring (bicyclic) bond motifs is 2. The number of rotatable bonds is 3. The minimum absolute atomic E-state index is 0.00199. The van der Waals surface area contributed by atoms with Gasteiger partial charge in [0.1, 0.15) is 11.6 Å². The molecule has 1 aliphatic rings. The van der Waals surface area contributed by atoms with Crippen molar-refractivity contribution < 1.29 is 13.2 Å². The summed E-state index contributed by atoms with van der Waals surface area (Å²) in [5.41, 5.74) is 9.94. The Morgan fingerprint density at radius 2 is 2.00 bits per heavy atom. The van der Waals surface area contributed by atoms with E-state index < -0.39 is 9.84 Å². The Morgan fingerprint density at radius 1 is 1.13 bits per heavy atom. The van der Waals surface area contributed by atoms with Gasteiger partial charge in [-0.15, -0.1) is 0 Å². The van der Waals surface area contributed by atoms with E-state index in [1.165, 1.54) is 6.26 Å². The molecule has 2 aromatic carbocycles. The summed E-state index contributed by atoms with van der Waals surface area (Å²) in [5.74, 6) is 1.75. The molecule has 0 fully saturated rings. The number of anilines is 1. The van der Waals surface area contributed by atoms with E-state index in [0.29, 0.717) is 17.9 Å². The molecule has 0 radical (unpaired) electrons. The van der Waals surface area contributed by atoms with Crippen molar-refractivity contribution >= 4 is 26.8 Å². The number of ether oxygens (including phenoxy) is 1. The number of benzene rings is 2. The zero-order valence-electron chi connectivity index (χ0n) is 16.2. The highest BCUT2D eigenvalue weighted by molar-refractivity contribution is 7.90. The van der Waals surface area contributed by atoms with E-state index in [9.17, 15) is 8.42 Å². The molecule has 3 heterocycles. The second-order valence-corrected chi connectivity index (χ2v) is 9.42. The number of imidazole rings is 1. The maximum absolute atomic E-state index is 11.9. The van der Waals surface area contributed by atoms with Crippen LogP contribution < -0.4 is 10.5 Å². The van der Waals surface area contributed by atoms with Crippen LogP contribution in [0.1, 0.15) is 17.3 Å². The van der Waals surface area contributed by atoms with Gasteiger partial charge >= 0.3 is 0 Å². The number of aromatic nitrogens is 4. The fourth-order valence-corrected chi connectivity index (χ4v) is 4.37. The first kappa shape index (κ1) is 18.6. The molecule has 0 aliphatic carbocycles. The number of nitrogens with zero attached hydrogens (tertiary/aromatic N) is 3. The molecular formula is C21H19N5O3S. The van der Waals surface area contributed by atoms with Gasteiger partial charge in [-0.2, -0.15) is 0 Å². The monoisotopic (exact) mass is 421 g/mol. The van der Waals surface area contributed by atoms with Gasteiger partial charge in [0.05, 0.1) is 34.1 Å². The molecule has 4 aromatic rings. The number of nitrogen functional groups attached to an aromatic ring is 1. The lowest BCUT2D eigenvalue weighted by molar-refractivity contribution is 0.258. The number of nitrogens with one attached hydrogen (secondary N) is 1. The Hall–Kier alpha value is -3.46.